The van der Waals surface area contributed by atoms with E-state index in [2.05, 4.69) is 0 Å². The van der Waals surface area contributed by atoms with E-state index in [0.29, 0.717) is 12.1 Å². The normalized spacial score (nSPS) is 14.6. The highest BCUT2D eigenvalue weighted by atomic mass is 32.2. The Balaban J connectivity index is 1.93. The molecule has 5 nitrogen and oxygen atoms in total. The zero-order chi connectivity index (χ0) is 17.2. The van der Waals surface area contributed by atoms with Crippen molar-refractivity contribution < 1.29 is 18.3 Å². The molecule has 1 aliphatic rings. The average molecular weight is 343 g/mol. The minimum atomic E-state index is -3.63. The molecule has 0 radical (unpaired) electrons. The number of benzene rings is 2. The summed E-state index contributed by atoms with van der Waals surface area (Å²) in [6.07, 6.45) is 4.11. The van der Waals surface area contributed by atoms with Crippen LogP contribution in [0.4, 0.5) is 5.69 Å². The van der Waals surface area contributed by atoms with E-state index in [4.69, 9.17) is 5.11 Å². The first-order valence-electron chi connectivity index (χ1n) is 7.60. The van der Waals surface area contributed by atoms with Crippen LogP contribution in [-0.2, 0) is 21.2 Å². The fourth-order valence-corrected chi connectivity index (χ4v) is 4.34. The summed E-state index contributed by atoms with van der Waals surface area (Å²) in [6, 6.07) is 13.8. The van der Waals surface area contributed by atoms with Crippen LogP contribution in [0.1, 0.15) is 17.5 Å². The Kier molecular flexibility index (Phi) is 4.40. The second-order valence-corrected chi connectivity index (χ2v) is 7.41. The van der Waals surface area contributed by atoms with E-state index in [-0.39, 0.29) is 4.90 Å². The molecule has 6 heteroatoms. The smallest absolute Gasteiger partial charge is 0.328 e. The van der Waals surface area contributed by atoms with Crippen molar-refractivity contribution in [3.63, 3.8) is 0 Å². The maximum Gasteiger partial charge on any atom is 0.328 e. The van der Waals surface area contributed by atoms with Crippen LogP contribution in [-0.4, -0.2) is 26.0 Å². The minimum Gasteiger partial charge on any atom is -0.478 e. The molecule has 0 atom stereocenters. The maximum atomic E-state index is 12.9. The van der Waals surface area contributed by atoms with Gasteiger partial charge < -0.3 is 5.11 Å². The number of aliphatic carboxylic acids is 1. The molecule has 0 saturated carbocycles. The van der Waals surface area contributed by atoms with Gasteiger partial charge in [0.2, 0.25) is 0 Å². The SMILES string of the molecule is O=C(O)/C=C/c1ccc(S(=O)(=O)N2CCCc3ccccc32)cc1. The molecule has 124 valence electrons. The Morgan fingerprint density at radius 2 is 1.79 bits per heavy atom. The van der Waals surface area contributed by atoms with Gasteiger partial charge in [-0.15, -0.1) is 0 Å². The molecule has 0 unspecified atom stereocenters. The van der Waals surface area contributed by atoms with Crippen molar-refractivity contribution in [2.45, 2.75) is 17.7 Å². The second kappa shape index (κ2) is 6.49. The number of carbonyl (C=O) groups is 1. The minimum absolute atomic E-state index is 0.201. The van der Waals surface area contributed by atoms with E-state index < -0.39 is 16.0 Å². The van der Waals surface area contributed by atoms with Crippen molar-refractivity contribution in [1.29, 1.82) is 0 Å². The number of anilines is 1. The summed E-state index contributed by atoms with van der Waals surface area (Å²) in [7, 11) is -3.63. The number of carboxylic acid groups (broad SMARTS) is 1. The highest BCUT2D eigenvalue weighted by molar-refractivity contribution is 7.92. The Labute approximate surface area is 140 Å². The predicted molar refractivity (Wildman–Crippen MR) is 92.4 cm³/mol. The van der Waals surface area contributed by atoms with Crippen molar-refractivity contribution in [1.82, 2.24) is 0 Å². The van der Waals surface area contributed by atoms with E-state index >= 15 is 0 Å². The topological polar surface area (TPSA) is 74.7 Å². The number of para-hydroxylation sites is 1. The van der Waals surface area contributed by atoms with Gasteiger partial charge >= 0.3 is 5.97 Å². The third kappa shape index (κ3) is 3.19. The molecular weight excluding hydrogens is 326 g/mol. The molecule has 1 N–H and O–H groups in total. The van der Waals surface area contributed by atoms with Gasteiger partial charge in [0.05, 0.1) is 10.6 Å². The van der Waals surface area contributed by atoms with Crippen LogP contribution in [0.2, 0.25) is 0 Å². The van der Waals surface area contributed by atoms with Crippen molar-refractivity contribution in [2.75, 3.05) is 10.8 Å². The van der Waals surface area contributed by atoms with Crippen LogP contribution in [0.25, 0.3) is 6.08 Å². The zero-order valence-corrected chi connectivity index (χ0v) is 13.7. The molecule has 2 aromatic carbocycles. The summed E-state index contributed by atoms with van der Waals surface area (Å²) < 4.78 is 27.3. The van der Waals surface area contributed by atoms with Crippen LogP contribution >= 0.6 is 0 Å². The van der Waals surface area contributed by atoms with E-state index in [1.54, 1.807) is 12.1 Å². The Morgan fingerprint density at radius 3 is 2.50 bits per heavy atom. The van der Waals surface area contributed by atoms with Crippen LogP contribution < -0.4 is 4.31 Å². The van der Waals surface area contributed by atoms with Crippen molar-refractivity contribution >= 4 is 27.8 Å². The predicted octanol–water partition coefficient (Wildman–Crippen LogP) is 2.93. The summed E-state index contributed by atoms with van der Waals surface area (Å²) >= 11 is 0. The van der Waals surface area contributed by atoms with Crippen molar-refractivity contribution in [3.05, 3.63) is 65.7 Å². The summed E-state index contributed by atoms with van der Waals surface area (Å²) in [4.78, 5) is 10.7. The number of hydrogen-bond acceptors (Lipinski definition) is 3. The lowest BCUT2D eigenvalue weighted by atomic mass is 10.0. The van der Waals surface area contributed by atoms with Gasteiger partial charge in [0.15, 0.2) is 0 Å². The Bertz CT molecular complexity index is 885. The molecule has 3 rings (SSSR count). The zero-order valence-electron chi connectivity index (χ0n) is 12.9. The van der Waals surface area contributed by atoms with Crippen LogP contribution in [0.5, 0.6) is 0 Å². The molecule has 0 fully saturated rings. The molecule has 24 heavy (non-hydrogen) atoms. The number of hydrogen-bond donors (Lipinski definition) is 1. The Morgan fingerprint density at radius 1 is 1.08 bits per heavy atom. The Hall–Kier alpha value is -2.60. The summed E-state index contributed by atoms with van der Waals surface area (Å²) in [5.74, 6) is -1.04. The molecule has 2 aromatic rings. The van der Waals surface area contributed by atoms with Gasteiger partial charge in [-0.1, -0.05) is 30.3 Å². The van der Waals surface area contributed by atoms with E-state index in [9.17, 15) is 13.2 Å². The summed E-state index contributed by atoms with van der Waals surface area (Å²) in [5.41, 5.74) is 2.40. The first-order valence-corrected chi connectivity index (χ1v) is 9.04. The first kappa shape index (κ1) is 16.3. The van der Waals surface area contributed by atoms with Gasteiger partial charge in [-0.2, -0.15) is 0 Å². The van der Waals surface area contributed by atoms with Crippen LogP contribution in [0, 0.1) is 0 Å². The monoisotopic (exact) mass is 343 g/mol. The second-order valence-electron chi connectivity index (χ2n) is 5.55. The standard InChI is InChI=1S/C18H17NO4S/c20-18(21)12-9-14-7-10-16(11-8-14)24(22,23)19-13-3-5-15-4-1-2-6-17(15)19/h1-2,4,6-12H,3,5,13H2,(H,20,21)/b12-9+. The van der Waals surface area contributed by atoms with Gasteiger partial charge in [-0.25, -0.2) is 13.2 Å². The highest BCUT2D eigenvalue weighted by Crippen LogP contribution is 2.31. The lowest BCUT2D eigenvalue weighted by molar-refractivity contribution is -0.131. The van der Waals surface area contributed by atoms with Gasteiger partial charge in [0, 0.05) is 12.6 Å². The summed E-state index contributed by atoms with van der Waals surface area (Å²) in [5, 5.41) is 8.63. The van der Waals surface area contributed by atoms with Gasteiger partial charge in [0.25, 0.3) is 10.0 Å². The molecule has 0 amide bonds. The molecule has 0 aromatic heterocycles. The number of rotatable bonds is 4. The molecule has 1 heterocycles. The van der Waals surface area contributed by atoms with E-state index in [1.165, 1.54) is 22.5 Å². The average Bonchev–Trinajstić information content (AvgIpc) is 2.59. The van der Waals surface area contributed by atoms with Crippen molar-refractivity contribution in [3.8, 4) is 0 Å². The molecule has 0 spiro atoms. The van der Waals surface area contributed by atoms with Gasteiger partial charge in [-0.3, -0.25) is 4.31 Å². The first-order chi connectivity index (χ1) is 11.5. The van der Waals surface area contributed by atoms with E-state index in [1.807, 2.05) is 24.3 Å². The maximum absolute atomic E-state index is 12.9. The van der Waals surface area contributed by atoms with Crippen molar-refractivity contribution in [2.24, 2.45) is 0 Å². The molecule has 0 bridgehead atoms. The third-order valence-corrected chi connectivity index (χ3v) is 5.78. The number of aryl methyl sites for hydroxylation is 1. The lowest BCUT2D eigenvalue weighted by Crippen LogP contribution is -2.35. The van der Waals surface area contributed by atoms with E-state index in [0.717, 1.165) is 30.2 Å². The van der Waals surface area contributed by atoms with Gasteiger partial charge in [0.1, 0.15) is 0 Å². The number of sulfonamides is 1. The molecule has 0 saturated heterocycles. The van der Waals surface area contributed by atoms with Crippen LogP contribution in [0.3, 0.4) is 0 Å². The van der Waals surface area contributed by atoms with Crippen LogP contribution in [0.15, 0.2) is 59.5 Å². The number of fused-ring (bicyclic) bond motifs is 1. The lowest BCUT2D eigenvalue weighted by Gasteiger charge is -2.30. The fourth-order valence-electron chi connectivity index (χ4n) is 2.79. The summed E-state index contributed by atoms with van der Waals surface area (Å²) in [6.45, 7) is 0.458. The highest BCUT2D eigenvalue weighted by Gasteiger charge is 2.28. The van der Waals surface area contributed by atoms with Gasteiger partial charge in [-0.05, 0) is 48.2 Å². The fraction of sp³-hybridized carbons (Fsp3) is 0.167. The number of carboxylic acids is 1. The number of nitrogens with zero attached hydrogens (tertiary/aromatic N) is 1. The molecule has 1 aliphatic heterocycles. The quantitative estimate of drug-likeness (QED) is 0.866. The molecular formula is C18H17NO4S. The largest absolute Gasteiger partial charge is 0.478 e. The third-order valence-electron chi connectivity index (χ3n) is 3.95. The molecule has 0 aliphatic carbocycles.